The predicted octanol–water partition coefficient (Wildman–Crippen LogP) is 3.50. The first-order valence-electron chi connectivity index (χ1n) is 7.52. The van der Waals surface area contributed by atoms with Crippen LogP contribution in [0, 0.1) is 0 Å². The van der Waals surface area contributed by atoms with Crippen molar-refractivity contribution < 1.29 is 9.53 Å². The summed E-state index contributed by atoms with van der Waals surface area (Å²) in [5.74, 6) is 0.815. The lowest BCUT2D eigenvalue weighted by Crippen LogP contribution is -2.47. The quantitative estimate of drug-likeness (QED) is 0.920. The molecule has 23 heavy (non-hydrogen) atoms. The van der Waals surface area contributed by atoms with E-state index in [1.54, 1.807) is 18.9 Å². The van der Waals surface area contributed by atoms with Crippen LogP contribution in [-0.4, -0.2) is 24.0 Å². The molecule has 2 aliphatic rings. The van der Waals surface area contributed by atoms with E-state index >= 15 is 0 Å². The number of carbonyl (C=O) groups is 1. The normalized spacial score (nSPS) is 22.5. The highest BCUT2D eigenvalue weighted by molar-refractivity contribution is 8.01. The maximum atomic E-state index is 12.5. The number of fused-ring (bicyclic) bond motifs is 2. The summed E-state index contributed by atoms with van der Waals surface area (Å²) in [5, 5.41) is 2.88. The molecule has 2 atom stereocenters. The molecule has 0 radical (unpaired) electrons. The van der Waals surface area contributed by atoms with Crippen molar-refractivity contribution in [2.75, 3.05) is 7.11 Å². The van der Waals surface area contributed by atoms with Crippen LogP contribution in [-0.2, 0) is 4.79 Å². The number of benzene rings is 2. The molecule has 0 spiro atoms. The highest BCUT2D eigenvalue weighted by Crippen LogP contribution is 2.43. The van der Waals surface area contributed by atoms with E-state index in [1.165, 1.54) is 0 Å². The van der Waals surface area contributed by atoms with Crippen LogP contribution < -0.4 is 10.1 Å². The van der Waals surface area contributed by atoms with Gasteiger partial charge in [-0.15, -0.1) is 11.8 Å². The number of amides is 1. The van der Waals surface area contributed by atoms with Gasteiger partial charge in [0.05, 0.1) is 18.8 Å². The van der Waals surface area contributed by atoms with Gasteiger partial charge in [0.1, 0.15) is 11.0 Å². The lowest BCUT2D eigenvalue weighted by atomic mass is 9.95. The van der Waals surface area contributed by atoms with E-state index in [4.69, 9.17) is 9.73 Å². The number of rotatable bonds is 2. The van der Waals surface area contributed by atoms with E-state index < -0.39 is 0 Å². The second-order valence-corrected chi connectivity index (χ2v) is 6.76. The van der Waals surface area contributed by atoms with E-state index in [0.717, 1.165) is 34.0 Å². The summed E-state index contributed by atoms with van der Waals surface area (Å²) in [6.07, 6.45) is 0.749. The minimum atomic E-state index is -0.241. The zero-order valence-electron chi connectivity index (χ0n) is 12.7. The van der Waals surface area contributed by atoms with E-state index in [0.29, 0.717) is 0 Å². The number of nitrogens with zero attached hydrogens (tertiary/aromatic N) is 1. The molecule has 4 nitrogen and oxygen atoms in total. The summed E-state index contributed by atoms with van der Waals surface area (Å²) in [7, 11) is 1.64. The number of hydrogen-bond acceptors (Lipinski definition) is 4. The molecule has 0 aromatic heterocycles. The first-order valence-corrected chi connectivity index (χ1v) is 8.40. The third-order valence-corrected chi connectivity index (χ3v) is 5.45. The first kappa shape index (κ1) is 14.3. The molecule has 2 aromatic carbocycles. The zero-order valence-corrected chi connectivity index (χ0v) is 13.5. The molecule has 1 N–H and O–H groups in total. The third-order valence-electron chi connectivity index (χ3n) is 4.15. The fourth-order valence-electron chi connectivity index (χ4n) is 2.97. The van der Waals surface area contributed by atoms with Gasteiger partial charge in [0.2, 0.25) is 5.91 Å². The lowest BCUT2D eigenvalue weighted by molar-refractivity contribution is -0.120. The molecule has 2 aliphatic heterocycles. The van der Waals surface area contributed by atoms with Crippen molar-refractivity contribution >= 4 is 29.1 Å². The van der Waals surface area contributed by atoms with Gasteiger partial charge in [0, 0.05) is 17.0 Å². The maximum absolute atomic E-state index is 12.5. The van der Waals surface area contributed by atoms with Gasteiger partial charge >= 0.3 is 0 Å². The monoisotopic (exact) mass is 324 g/mol. The van der Waals surface area contributed by atoms with Crippen molar-refractivity contribution in [2.24, 2.45) is 4.99 Å². The fourth-order valence-corrected chi connectivity index (χ4v) is 4.10. The topological polar surface area (TPSA) is 50.7 Å². The van der Waals surface area contributed by atoms with Crippen LogP contribution in [0.2, 0.25) is 0 Å². The molecule has 1 fully saturated rings. The predicted molar refractivity (Wildman–Crippen MR) is 91.7 cm³/mol. The molecule has 4 rings (SSSR count). The summed E-state index contributed by atoms with van der Waals surface area (Å²) >= 11 is 1.55. The third kappa shape index (κ3) is 2.61. The summed E-state index contributed by atoms with van der Waals surface area (Å²) < 4.78 is 5.26. The van der Waals surface area contributed by atoms with Gasteiger partial charge in [0.25, 0.3) is 0 Å². The van der Waals surface area contributed by atoms with E-state index in [-0.39, 0.29) is 17.2 Å². The molecular formula is C18H16N2O2S. The molecule has 2 aromatic rings. The Morgan fingerprint density at radius 2 is 2.04 bits per heavy atom. The minimum Gasteiger partial charge on any atom is -0.497 e. The number of ether oxygens (including phenoxy) is 1. The number of nitrogens with one attached hydrogen (secondary N) is 1. The molecule has 116 valence electrons. The van der Waals surface area contributed by atoms with Gasteiger partial charge in [-0.25, -0.2) is 0 Å². The molecule has 5 heteroatoms. The van der Waals surface area contributed by atoms with Gasteiger partial charge in [-0.05, 0) is 23.8 Å². The van der Waals surface area contributed by atoms with Crippen molar-refractivity contribution in [3.05, 3.63) is 54.1 Å². The van der Waals surface area contributed by atoms with Gasteiger partial charge < -0.3 is 10.1 Å². The SMILES string of the molecule is COc1ccc2c(c1)SC1C(=O)NC(c3ccccc3)CC1=N2. The first-order chi connectivity index (χ1) is 11.2. The Labute approximate surface area is 139 Å². The Morgan fingerprint density at radius 3 is 2.83 bits per heavy atom. The van der Waals surface area contributed by atoms with Crippen molar-refractivity contribution in [2.45, 2.75) is 22.6 Å². The number of aliphatic imine (C=N–C) groups is 1. The van der Waals surface area contributed by atoms with Gasteiger partial charge in [-0.3, -0.25) is 9.79 Å². The van der Waals surface area contributed by atoms with Crippen LogP contribution in [0.25, 0.3) is 0 Å². The molecule has 2 heterocycles. The van der Waals surface area contributed by atoms with Gasteiger partial charge in [0.15, 0.2) is 0 Å². The Kier molecular flexibility index (Phi) is 3.58. The molecule has 0 saturated carbocycles. The zero-order chi connectivity index (χ0) is 15.8. The number of piperidine rings is 1. The summed E-state index contributed by atoms with van der Waals surface area (Å²) in [4.78, 5) is 18.3. The molecule has 0 aliphatic carbocycles. The van der Waals surface area contributed by atoms with Gasteiger partial charge in [-0.1, -0.05) is 30.3 Å². The van der Waals surface area contributed by atoms with Crippen LogP contribution in [0.3, 0.4) is 0 Å². The molecule has 1 amide bonds. The average Bonchev–Trinajstić information content (AvgIpc) is 2.60. The smallest absolute Gasteiger partial charge is 0.239 e. The standard InChI is InChI=1S/C18H16N2O2S/c1-22-12-7-8-13-16(9-12)23-17-15(19-13)10-14(20-18(17)21)11-5-3-2-4-6-11/h2-9,14,17H,10H2,1H3,(H,20,21). The van der Waals surface area contributed by atoms with E-state index in [1.807, 2.05) is 48.5 Å². The Morgan fingerprint density at radius 1 is 1.22 bits per heavy atom. The van der Waals surface area contributed by atoms with Crippen LogP contribution >= 0.6 is 11.8 Å². The molecular weight excluding hydrogens is 308 g/mol. The van der Waals surface area contributed by atoms with Crippen LogP contribution in [0.4, 0.5) is 5.69 Å². The Balaban J connectivity index is 1.68. The lowest BCUT2D eigenvalue weighted by Gasteiger charge is -2.33. The molecule has 0 bridgehead atoms. The van der Waals surface area contributed by atoms with Crippen molar-refractivity contribution in [3.8, 4) is 5.75 Å². The van der Waals surface area contributed by atoms with Crippen molar-refractivity contribution in [1.29, 1.82) is 0 Å². The van der Waals surface area contributed by atoms with Gasteiger partial charge in [-0.2, -0.15) is 0 Å². The highest BCUT2D eigenvalue weighted by atomic mass is 32.2. The van der Waals surface area contributed by atoms with Crippen molar-refractivity contribution in [1.82, 2.24) is 5.32 Å². The maximum Gasteiger partial charge on any atom is 0.239 e. The van der Waals surface area contributed by atoms with Crippen LogP contribution in [0.15, 0.2) is 58.4 Å². The fraction of sp³-hybridized carbons (Fsp3) is 0.222. The average molecular weight is 324 g/mol. The summed E-state index contributed by atoms with van der Waals surface area (Å²) in [6.45, 7) is 0. The second-order valence-electron chi connectivity index (χ2n) is 5.61. The Hall–Kier alpha value is -2.27. The number of thioether (sulfide) groups is 1. The number of methoxy groups -OCH3 is 1. The second kappa shape index (κ2) is 5.74. The molecule has 2 unspecified atom stereocenters. The summed E-state index contributed by atoms with van der Waals surface area (Å²) in [5.41, 5.74) is 2.99. The number of carbonyl (C=O) groups excluding carboxylic acids is 1. The van der Waals surface area contributed by atoms with Crippen LogP contribution in [0.1, 0.15) is 18.0 Å². The number of hydrogen-bond donors (Lipinski definition) is 1. The Bertz CT molecular complexity index is 789. The molecule has 1 saturated heterocycles. The van der Waals surface area contributed by atoms with E-state index in [2.05, 4.69) is 5.32 Å². The van der Waals surface area contributed by atoms with E-state index in [9.17, 15) is 4.79 Å². The van der Waals surface area contributed by atoms with Crippen molar-refractivity contribution in [3.63, 3.8) is 0 Å². The van der Waals surface area contributed by atoms with Crippen LogP contribution in [0.5, 0.6) is 5.75 Å². The highest BCUT2D eigenvalue weighted by Gasteiger charge is 2.37. The minimum absolute atomic E-state index is 0.000835. The summed E-state index contributed by atoms with van der Waals surface area (Å²) in [6, 6.07) is 15.8. The largest absolute Gasteiger partial charge is 0.497 e.